The Kier molecular flexibility index (Phi) is 5.03. The summed E-state index contributed by atoms with van der Waals surface area (Å²) in [6, 6.07) is 5.21. The highest BCUT2D eigenvalue weighted by Crippen LogP contribution is 2.25. The minimum Gasteiger partial charge on any atom is -0.483 e. The number of carboxylic acid groups (broad SMARTS) is 1. The van der Waals surface area contributed by atoms with Crippen LogP contribution in [0, 0.1) is 6.92 Å². The number of amides is 1. The number of morpholine rings is 1. The van der Waals surface area contributed by atoms with Crippen molar-refractivity contribution in [3.8, 4) is 5.75 Å². The number of halogens is 1. The molecular weight excluding hydrogens is 298 g/mol. The van der Waals surface area contributed by atoms with E-state index in [4.69, 9.17) is 26.2 Å². The summed E-state index contributed by atoms with van der Waals surface area (Å²) < 4.78 is 10.5. The van der Waals surface area contributed by atoms with Crippen molar-refractivity contribution in [1.29, 1.82) is 0 Å². The van der Waals surface area contributed by atoms with Crippen LogP contribution in [0.1, 0.15) is 5.56 Å². The SMILES string of the molecule is Cc1c(Cl)cccc1OCC(=O)N1CCO[C@H](C(=O)O)C1. The molecule has 1 atom stereocenters. The monoisotopic (exact) mass is 313 g/mol. The Bertz CT molecular complexity index is 548. The van der Waals surface area contributed by atoms with Crippen molar-refractivity contribution >= 4 is 23.5 Å². The van der Waals surface area contributed by atoms with Gasteiger partial charge in [0.05, 0.1) is 13.2 Å². The molecule has 1 aromatic carbocycles. The zero-order chi connectivity index (χ0) is 15.4. The van der Waals surface area contributed by atoms with Gasteiger partial charge in [-0.25, -0.2) is 4.79 Å². The van der Waals surface area contributed by atoms with E-state index in [0.29, 0.717) is 17.3 Å². The molecule has 1 saturated heterocycles. The fourth-order valence-electron chi connectivity index (χ4n) is 2.00. The lowest BCUT2D eigenvalue weighted by Gasteiger charge is -2.30. The molecule has 2 rings (SSSR count). The van der Waals surface area contributed by atoms with Crippen LogP contribution in [0.25, 0.3) is 0 Å². The van der Waals surface area contributed by atoms with E-state index in [-0.39, 0.29) is 25.7 Å². The quantitative estimate of drug-likeness (QED) is 0.908. The minimum atomic E-state index is -1.07. The van der Waals surface area contributed by atoms with Crippen LogP contribution in [0.2, 0.25) is 5.02 Å². The van der Waals surface area contributed by atoms with Gasteiger partial charge in [0.2, 0.25) is 0 Å². The van der Waals surface area contributed by atoms with Gasteiger partial charge in [0.1, 0.15) is 5.75 Å². The van der Waals surface area contributed by atoms with E-state index in [1.165, 1.54) is 4.90 Å². The van der Waals surface area contributed by atoms with Crippen molar-refractivity contribution in [3.63, 3.8) is 0 Å². The van der Waals surface area contributed by atoms with E-state index >= 15 is 0 Å². The molecule has 0 aliphatic carbocycles. The summed E-state index contributed by atoms with van der Waals surface area (Å²) in [5.74, 6) is -0.804. The summed E-state index contributed by atoms with van der Waals surface area (Å²) in [6.07, 6.45) is -0.976. The molecule has 21 heavy (non-hydrogen) atoms. The second kappa shape index (κ2) is 6.78. The summed E-state index contributed by atoms with van der Waals surface area (Å²) in [4.78, 5) is 24.4. The van der Waals surface area contributed by atoms with Gasteiger partial charge in [0, 0.05) is 17.1 Å². The summed E-state index contributed by atoms with van der Waals surface area (Å²) in [5, 5.41) is 9.47. The Morgan fingerprint density at radius 2 is 2.29 bits per heavy atom. The molecular formula is C14H16ClNO5. The Hall–Kier alpha value is -1.79. The van der Waals surface area contributed by atoms with Crippen LogP contribution < -0.4 is 4.74 Å². The van der Waals surface area contributed by atoms with E-state index in [0.717, 1.165) is 5.56 Å². The lowest BCUT2D eigenvalue weighted by atomic mass is 10.2. The first-order valence-corrected chi connectivity index (χ1v) is 6.87. The van der Waals surface area contributed by atoms with E-state index in [1.807, 2.05) is 0 Å². The fourth-order valence-corrected chi connectivity index (χ4v) is 2.17. The number of hydrogen-bond donors (Lipinski definition) is 1. The largest absolute Gasteiger partial charge is 0.483 e. The topological polar surface area (TPSA) is 76.1 Å². The predicted molar refractivity (Wildman–Crippen MR) is 75.6 cm³/mol. The maximum absolute atomic E-state index is 12.1. The molecule has 1 heterocycles. The third-order valence-corrected chi connectivity index (χ3v) is 3.67. The summed E-state index contributed by atoms with van der Waals surface area (Å²) in [5.41, 5.74) is 0.761. The average molecular weight is 314 g/mol. The van der Waals surface area contributed by atoms with Crippen LogP contribution in [-0.2, 0) is 14.3 Å². The highest BCUT2D eigenvalue weighted by Gasteiger charge is 2.29. The molecule has 1 amide bonds. The number of hydrogen-bond acceptors (Lipinski definition) is 4. The molecule has 1 aliphatic heterocycles. The maximum Gasteiger partial charge on any atom is 0.334 e. The molecule has 0 aromatic heterocycles. The van der Waals surface area contributed by atoms with Gasteiger partial charge in [-0.05, 0) is 19.1 Å². The Morgan fingerprint density at radius 3 is 3.00 bits per heavy atom. The number of nitrogens with zero attached hydrogens (tertiary/aromatic N) is 1. The highest BCUT2D eigenvalue weighted by atomic mass is 35.5. The predicted octanol–water partition coefficient (Wildman–Crippen LogP) is 1.34. The van der Waals surface area contributed by atoms with Crippen LogP contribution in [0.15, 0.2) is 18.2 Å². The number of ether oxygens (including phenoxy) is 2. The molecule has 0 saturated carbocycles. The van der Waals surface area contributed by atoms with Crippen molar-refractivity contribution in [1.82, 2.24) is 4.90 Å². The molecule has 1 aliphatic rings. The second-order valence-electron chi connectivity index (χ2n) is 4.69. The van der Waals surface area contributed by atoms with Crippen molar-refractivity contribution in [2.75, 3.05) is 26.3 Å². The van der Waals surface area contributed by atoms with Gasteiger partial charge in [-0.3, -0.25) is 4.79 Å². The number of aliphatic carboxylic acids is 1. The van der Waals surface area contributed by atoms with E-state index in [9.17, 15) is 9.59 Å². The van der Waals surface area contributed by atoms with Crippen LogP contribution in [0.4, 0.5) is 0 Å². The van der Waals surface area contributed by atoms with E-state index < -0.39 is 12.1 Å². The van der Waals surface area contributed by atoms with Crippen LogP contribution in [-0.4, -0.2) is 54.3 Å². The Balaban J connectivity index is 1.92. The molecule has 1 aromatic rings. The van der Waals surface area contributed by atoms with Gasteiger partial charge in [0.15, 0.2) is 12.7 Å². The molecule has 7 heteroatoms. The van der Waals surface area contributed by atoms with Crippen molar-refractivity contribution in [3.05, 3.63) is 28.8 Å². The standard InChI is InChI=1S/C14H16ClNO5/c1-9-10(15)3-2-4-11(9)21-8-13(17)16-5-6-20-12(7-16)14(18)19/h2-4,12H,5-8H2,1H3,(H,18,19)/t12-/m0/s1. The molecule has 0 radical (unpaired) electrons. The fraction of sp³-hybridized carbons (Fsp3) is 0.429. The minimum absolute atomic E-state index is 0.0338. The first-order valence-electron chi connectivity index (χ1n) is 6.49. The lowest BCUT2D eigenvalue weighted by molar-refractivity contribution is -0.159. The Morgan fingerprint density at radius 1 is 1.52 bits per heavy atom. The summed E-state index contributed by atoms with van der Waals surface area (Å²) in [6.45, 7) is 2.25. The third-order valence-electron chi connectivity index (χ3n) is 3.26. The van der Waals surface area contributed by atoms with Crippen molar-refractivity contribution < 1.29 is 24.2 Å². The molecule has 1 N–H and O–H groups in total. The van der Waals surface area contributed by atoms with Crippen molar-refractivity contribution in [2.24, 2.45) is 0 Å². The van der Waals surface area contributed by atoms with Gasteiger partial charge in [0.25, 0.3) is 5.91 Å². The molecule has 0 bridgehead atoms. The normalized spacial score (nSPS) is 18.4. The van der Waals surface area contributed by atoms with Gasteiger partial charge >= 0.3 is 5.97 Å². The molecule has 114 valence electrons. The zero-order valence-corrected chi connectivity index (χ0v) is 12.3. The number of carbonyl (C=O) groups excluding carboxylic acids is 1. The Labute approximate surface area is 127 Å². The van der Waals surface area contributed by atoms with Crippen LogP contribution >= 0.6 is 11.6 Å². The number of rotatable bonds is 4. The van der Waals surface area contributed by atoms with E-state index in [1.54, 1.807) is 25.1 Å². The second-order valence-corrected chi connectivity index (χ2v) is 5.10. The maximum atomic E-state index is 12.1. The summed E-state index contributed by atoms with van der Waals surface area (Å²) in [7, 11) is 0. The first kappa shape index (κ1) is 15.6. The van der Waals surface area contributed by atoms with Crippen LogP contribution in [0.5, 0.6) is 5.75 Å². The van der Waals surface area contributed by atoms with Gasteiger partial charge in [-0.2, -0.15) is 0 Å². The number of benzene rings is 1. The average Bonchev–Trinajstić information content (AvgIpc) is 2.48. The van der Waals surface area contributed by atoms with Gasteiger partial charge < -0.3 is 19.5 Å². The lowest BCUT2D eigenvalue weighted by Crippen LogP contribution is -2.49. The van der Waals surface area contributed by atoms with Crippen molar-refractivity contribution in [2.45, 2.75) is 13.0 Å². The molecule has 0 spiro atoms. The molecule has 6 nitrogen and oxygen atoms in total. The summed E-state index contributed by atoms with van der Waals surface area (Å²) >= 11 is 5.97. The van der Waals surface area contributed by atoms with Crippen LogP contribution in [0.3, 0.4) is 0 Å². The van der Waals surface area contributed by atoms with E-state index in [2.05, 4.69) is 0 Å². The zero-order valence-electron chi connectivity index (χ0n) is 11.5. The smallest absolute Gasteiger partial charge is 0.334 e. The third kappa shape index (κ3) is 3.86. The van der Waals surface area contributed by atoms with Gasteiger partial charge in [-0.15, -0.1) is 0 Å². The first-order chi connectivity index (χ1) is 9.99. The molecule has 0 unspecified atom stereocenters. The number of carbonyl (C=O) groups is 2. The van der Waals surface area contributed by atoms with Gasteiger partial charge in [-0.1, -0.05) is 17.7 Å². The number of carboxylic acids is 1. The highest BCUT2D eigenvalue weighted by molar-refractivity contribution is 6.31. The molecule has 1 fully saturated rings.